The Morgan fingerprint density at radius 2 is 2.11 bits per heavy atom. The van der Waals surface area contributed by atoms with E-state index in [1.165, 1.54) is 5.56 Å². The smallest absolute Gasteiger partial charge is 0.270 e. The summed E-state index contributed by atoms with van der Waals surface area (Å²) < 4.78 is 5.37. The summed E-state index contributed by atoms with van der Waals surface area (Å²) in [4.78, 5) is 17.6. The first-order valence-corrected chi connectivity index (χ1v) is 6.30. The molecule has 1 saturated heterocycles. The third-order valence-corrected chi connectivity index (χ3v) is 3.64. The van der Waals surface area contributed by atoms with E-state index in [9.17, 15) is 4.79 Å². The Morgan fingerprint density at radius 3 is 2.89 bits per heavy atom. The summed E-state index contributed by atoms with van der Waals surface area (Å²) in [6.45, 7) is 5.72. The quantitative estimate of drug-likeness (QED) is 0.736. The minimum Gasteiger partial charge on any atom is -0.379 e. The maximum absolute atomic E-state index is 11.2. The van der Waals surface area contributed by atoms with Crippen molar-refractivity contribution in [1.29, 1.82) is 0 Å². The summed E-state index contributed by atoms with van der Waals surface area (Å²) in [7, 11) is 0. The Balaban J connectivity index is 1.89. The molecule has 0 aliphatic carbocycles. The fraction of sp³-hybridized carbons (Fsp3) is 0.429. The standard InChI is InChI=1S/C14H16N2O2/c1-10(16-4-6-18-7-5-16)11-2-3-13-12(8-11)9-14(17)15-13/h2-3,8-10H,4-7H2,1H3. The third kappa shape index (κ3) is 2.09. The maximum Gasteiger partial charge on any atom is 0.270 e. The Morgan fingerprint density at radius 1 is 1.33 bits per heavy atom. The number of hydrogen-bond acceptors (Lipinski definition) is 3. The van der Waals surface area contributed by atoms with Crippen LogP contribution in [0.4, 0.5) is 0 Å². The Bertz CT molecular complexity index is 588. The second-order valence-electron chi connectivity index (χ2n) is 4.74. The van der Waals surface area contributed by atoms with Crippen LogP contribution in [0.5, 0.6) is 0 Å². The molecule has 18 heavy (non-hydrogen) atoms. The first-order chi connectivity index (χ1) is 8.74. The molecule has 0 aromatic heterocycles. The highest BCUT2D eigenvalue weighted by Gasteiger charge is 2.18. The zero-order valence-corrected chi connectivity index (χ0v) is 10.4. The molecule has 3 rings (SSSR count). The number of benzene rings is 1. The van der Waals surface area contributed by atoms with Crippen molar-refractivity contribution in [2.24, 2.45) is 4.99 Å². The number of rotatable bonds is 2. The summed E-state index contributed by atoms with van der Waals surface area (Å²) in [5, 5.41) is 1.73. The molecule has 0 spiro atoms. The molecule has 0 N–H and O–H groups in total. The molecule has 0 radical (unpaired) electrons. The summed E-state index contributed by atoms with van der Waals surface area (Å²) >= 11 is 0. The van der Waals surface area contributed by atoms with Crippen LogP contribution >= 0.6 is 0 Å². The van der Waals surface area contributed by atoms with E-state index < -0.39 is 0 Å². The fourth-order valence-electron chi connectivity index (χ4n) is 2.51. The van der Waals surface area contributed by atoms with Gasteiger partial charge in [-0.2, -0.15) is 0 Å². The van der Waals surface area contributed by atoms with Gasteiger partial charge in [-0.25, -0.2) is 4.99 Å². The summed E-state index contributed by atoms with van der Waals surface area (Å²) in [6, 6.07) is 6.42. The van der Waals surface area contributed by atoms with Crippen LogP contribution in [-0.4, -0.2) is 37.1 Å². The van der Waals surface area contributed by atoms with E-state index in [0.717, 1.165) is 36.9 Å². The van der Waals surface area contributed by atoms with Crippen LogP contribution in [0.3, 0.4) is 0 Å². The average molecular weight is 244 g/mol. The number of morpholine rings is 1. The Hall–Kier alpha value is -1.52. The van der Waals surface area contributed by atoms with Crippen molar-refractivity contribution < 1.29 is 9.53 Å². The van der Waals surface area contributed by atoms with Gasteiger partial charge in [0, 0.05) is 30.4 Å². The van der Waals surface area contributed by atoms with Crippen molar-refractivity contribution in [2.45, 2.75) is 13.0 Å². The molecule has 94 valence electrons. The number of nitrogens with zero attached hydrogens (tertiary/aromatic N) is 2. The van der Waals surface area contributed by atoms with Crippen molar-refractivity contribution in [3.05, 3.63) is 34.3 Å². The molecule has 1 aromatic carbocycles. The number of fused-ring (bicyclic) bond motifs is 1. The molecule has 4 nitrogen and oxygen atoms in total. The van der Waals surface area contributed by atoms with E-state index in [0.29, 0.717) is 6.04 Å². The van der Waals surface area contributed by atoms with E-state index in [1.54, 1.807) is 6.08 Å². The van der Waals surface area contributed by atoms with Gasteiger partial charge in [0.1, 0.15) is 0 Å². The van der Waals surface area contributed by atoms with Crippen LogP contribution in [-0.2, 0) is 9.53 Å². The molecular weight excluding hydrogens is 228 g/mol. The molecular formula is C14H16N2O2. The van der Waals surface area contributed by atoms with E-state index in [-0.39, 0.29) is 5.91 Å². The SMILES string of the molecule is CC(c1ccc2c(c1)=CC(=O)N=2)N1CCOCC1. The molecule has 2 aliphatic rings. The van der Waals surface area contributed by atoms with E-state index in [1.807, 2.05) is 6.07 Å². The molecule has 2 heterocycles. The predicted octanol–water partition coefficient (Wildman–Crippen LogP) is 0.0201. The number of carbonyl (C=O) groups is 1. The van der Waals surface area contributed by atoms with Gasteiger partial charge >= 0.3 is 0 Å². The zero-order chi connectivity index (χ0) is 12.5. The summed E-state index contributed by atoms with van der Waals surface area (Å²) in [5.74, 6) is -0.152. The number of ether oxygens (including phenoxy) is 1. The van der Waals surface area contributed by atoms with Gasteiger partial charge < -0.3 is 4.74 Å². The molecule has 1 atom stereocenters. The van der Waals surface area contributed by atoms with Crippen LogP contribution in [0.2, 0.25) is 0 Å². The second-order valence-corrected chi connectivity index (χ2v) is 4.74. The third-order valence-electron chi connectivity index (χ3n) is 3.64. The van der Waals surface area contributed by atoms with Gasteiger partial charge in [0.15, 0.2) is 0 Å². The van der Waals surface area contributed by atoms with Crippen LogP contribution < -0.4 is 10.6 Å². The minimum absolute atomic E-state index is 0.152. The molecule has 1 fully saturated rings. The normalized spacial score (nSPS) is 21.1. The van der Waals surface area contributed by atoms with Crippen LogP contribution in [0.15, 0.2) is 23.2 Å². The number of carbonyl (C=O) groups excluding carboxylic acids is 1. The van der Waals surface area contributed by atoms with Crippen LogP contribution in [0.25, 0.3) is 6.08 Å². The first kappa shape index (κ1) is 11.6. The van der Waals surface area contributed by atoms with Crippen molar-refractivity contribution in [1.82, 2.24) is 4.90 Å². The van der Waals surface area contributed by atoms with Crippen LogP contribution in [0, 0.1) is 0 Å². The monoisotopic (exact) mass is 244 g/mol. The lowest BCUT2D eigenvalue weighted by Gasteiger charge is -2.32. The van der Waals surface area contributed by atoms with Gasteiger partial charge in [-0.05, 0) is 24.6 Å². The van der Waals surface area contributed by atoms with Gasteiger partial charge in [-0.1, -0.05) is 6.07 Å². The van der Waals surface area contributed by atoms with Gasteiger partial charge in [0.25, 0.3) is 5.91 Å². The Labute approximate surface area is 106 Å². The van der Waals surface area contributed by atoms with Crippen molar-refractivity contribution in [3.8, 4) is 0 Å². The topological polar surface area (TPSA) is 41.9 Å². The lowest BCUT2D eigenvalue weighted by atomic mass is 10.1. The number of hydrogen-bond donors (Lipinski definition) is 0. The van der Waals surface area contributed by atoms with E-state index >= 15 is 0 Å². The van der Waals surface area contributed by atoms with Crippen molar-refractivity contribution >= 4 is 12.0 Å². The lowest BCUT2D eigenvalue weighted by molar-refractivity contribution is -0.112. The molecule has 4 heteroatoms. The Kier molecular flexibility index (Phi) is 2.97. The molecule has 2 aliphatic heterocycles. The molecule has 1 aromatic rings. The van der Waals surface area contributed by atoms with Crippen LogP contribution in [0.1, 0.15) is 18.5 Å². The average Bonchev–Trinajstić information content (AvgIpc) is 2.78. The highest BCUT2D eigenvalue weighted by atomic mass is 16.5. The van der Waals surface area contributed by atoms with Crippen molar-refractivity contribution in [3.63, 3.8) is 0 Å². The fourth-order valence-corrected chi connectivity index (χ4v) is 2.51. The first-order valence-electron chi connectivity index (χ1n) is 6.30. The number of amides is 1. The van der Waals surface area contributed by atoms with Gasteiger partial charge in [0.05, 0.1) is 18.6 Å². The highest BCUT2D eigenvalue weighted by molar-refractivity contribution is 6.06. The second kappa shape index (κ2) is 4.63. The zero-order valence-electron chi connectivity index (χ0n) is 10.4. The molecule has 0 bridgehead atoms. The van der Waals surface area contributed by atoms with Gasteiger partial charge in [-0.3, -0.25) is 9.69 Å². The highest BCUT2D eigenvalue weighted by Crippen LogP contribution is 2.19. The van der Waals surface area contributed by atoms with Crippen molar-refractivity contribution in [2.75, 3.05) is 26.3 Å². The van der Waals surface area contributed by atoms with Gasteiger partial charge in [-0.15, -0.1) is 0 Å². The summed E-state index contributed by atoms with van der Waals surface area (Å²) in [6.07, 6.45) is 1.60. The molecule has 1 amide bonds. The lowest BCUT2D eigenvalue weighted by Crippen LogP contribution is -2.38. The predicted molar refractivity (Wildman–Crippen MR) is 67.5 cm³/mol. The maximum atomic E-state index is 11.2. The largest absolute Gasteiger partial charge is 0.379 e. The van der Waals surface area contributed by atoms with E-state index in [4.69, 9.17) is 4.74 Å². The molecule has 0 saturated carbocycles. The van der Waals surface area contributed by atoms with Gasteiger partial charge in [0.2, 0.25) is 0 Å². The van der Waals surface area contributed by atoms with E-state index in [2.05, 4.69) is 28.9 Å². The molecule has 1 unspecified atom stereocenters. The summed E-state index contributed by atoms with van der Waals surface area (Å²) in [5.41, 5.74) is 1.23. The minimum atomic E-state index is -0.152.